The average molecular weight is 264 g/mol. The molecule has 1 amide bonds. The van der Waals surface area contributed by atoms with Gasteiger partial charge in [0.25, 0.3) is 0 Å². The summed E-state index contributed by atoms with van der Waals surface area (Å²) in [6, 6.07) is 8.01. The Labute approximate surface area is 115 Å². The van der Waals surface area contributed by atoms with E-state index in [0.717, 1.165) is 12.2 Å². The first-order chi connectivity index (χ1) is 8.84. The van der Waals surface area contributed by atoms with E-state index < -0.39 is 5.54 Å². The summed E-state index contributed by atoms with van der Waals surface area (Å²) in [4.78, 5) is 11.6. The molecule has 0 heterocycles. The van der Waals surface area contributed by atoms with Crippen LogP contribution in [0.2, 0.25) is 0 Å². The minimum absolute atomic E-state index is 0.116. The van der Waals surface area contributed by atoms with Crippen molar-refractivity contribution < 1.29 is 9.53 Å². The third-order valence-corrected chi connectivity index (χ3v) is 3.13. The molecule has 0 saturated carbocycles. The summed E-state index contributed by atoms with van der Waals surface area (Å²) < 4.78 is 5.13. The van der Waals surface area contributed by atoms with Gasteiger partial charge in [0, 0.05) is 6.54 Å². The van der Waals surface area contributed by atoms with Crippen molar-refractivity contribution in [2.24, 2.45) is 5.73 Å². The van der Waals surface area contributed by atoms with Gasteiger partial charge in [0.15, 0.2) is 0 Å². The molecule has 0 spiro atoms. The number of rotatable bonds is 6. The van der Waals surface area contributed by atoms with E-state index in [4.69, 9.17) is 10.5 Å². The van der Waals surface area contributed by atoms with Gasteiger partial charge < -0.3 is 15.8 Å². The summed E-state index contributed by atoms with van der Waals surface area (Å²) in [5, 5.41) is 2.86. The van der Waals surface area contributed by atoms with E-state index in [-0.39, 0.29) is 5.91 Å². The van der Waals surface area contributed by atoms with Gasteiger partial charge in [-0.25, -0.2) is 0 Å². The molecule has 1 rings (SSSR count). The molecule has 0 fully saturated rings. The first kappa shape index (κ1) is 15.5. The number of carbonyl (C=O) groups is 1. The monoisotopic (exact) mass is 264 g/mol. The first-order valence-corrected chi connectivity index (χ1v) is 6.55. The second kappa shape index (κ2) is 6.57. The Kier molecular flexibility index (Phi) is 5.36. The van der Waals surface area contributed by atoms with Crippen molar-refractivity contribution >= 4 is 5.91 Å². The van der Waals surface area contributed by atoms with E-state index in [1.54, 1.807) is 21.0 Å². The number of hydrogen-bond donors (Lipinski definition) is 2. The van der Waals surface area contributed by atoms with Crippen LogP contribution in [0.15, 0.2) is 24.3 Å². The van der Waals surface area contributed by atoms with E-state index in [9.17, 15) is 4.79 Å². The van der Waals surface area contributed by atoms with Crippen LogP contribution in [0.1, 0.15) is 38.7 Å². The van der Waals surface area contributed by atoms with Crippen molar-refractivity contribution in [2.45, 2.75) is 38.6 Å². The van der Waals surface area contributed by atoms with Gasteiger partial charge in [-0.1, -0.05) is 19.1 Å². The fraction of sp³-hybridized carbons (Fsp3) is 0.533. The number of ether oxygens (including phenoxy) is 1. The number of nitrogens with two attached hydrogens (primary N) is 1. The largest absolute Gasteiger partial charge is 0.497 e. The van der Waals surface area contributed by atoms with Crippen LogP contribution >= 0.6 is 0 Å². The predicted molar refractivity (Wildman–Crippen MR) is 77.3 cm³/mol. The summed E-state index contributed by atoms with van der Waals surface area (Å²) in [7, 11) is 1.66. The highest BCUT2D eigenvalue weighted by atomic mass is 16.5. The maximum Gasteiger partial charge on any atom is 0.239 e. The topological polar surface area (TPSA) is 64.3 Å². The van der Waals surface area contributed by atoms with Gasteiger partial charge in [0.2, 0.25) is 5.91 Å². The van der Waals surface area contributed by atoms with Gasteiger partial charge in [-0.05, 0) is 43.9 Å². The zero-order chi connectivity index (χ0) is 14.5. The normalized spacial score (nSPS) is 12.9. The Morgan fingerprint density at radius 1 is 1.37 bits per heavy atom. The molecule has 1 atom stereocenters. The van der Waals surface area contributed by atoms with E-state index in [1.165, 1.54) is 5.56 Å². The highest BCUT2D eigenvalue weighted by molar-refractivity contribution is 5.84. The molecular weight excluding hydrogens is 240 g/mol. The molecule has 1 aromatic rings. The zero-order valence-electron chi connectivity index (χ0n) is 12.2. The van der Waals surface area contributed by atoms with Gasteiger partial charge in [0.1, 0.15) is 5.75 Å². The molecule has 4 nitrogen and oxygen atoms in total. The highest BCUT2D eigenvalue weighted by Gasteiger charge is 2.21. The van der Waals surface area contributed by atoms with Crippen molar-refractivity contribution in [1.29, 1.82) is 0 Å². The molecule has 0 radical (unpaired) electrons. The third kappa shape index (κ3) is 4.91. The fourth-order valence-corrected chi connectivity index (χ4v) is 1.73. The van der Waals surface area contributed by atoms with Crippen molar-refractivity contribution in [3.05, 3.63) is 29.8 Å². The predicted octanol–water partition coefficient (Wildman–Crippen LogP) is 2.04. The number of benzene rings is 1. The number of nitrogens with one attached hydrogen (secondary N) is 1. The molecule has 0 aromatic heterocycles. The maximum atomic E-state index is 11.6. The number of amides is 1. The van der Waals surface area contributed by atoms with Gasteiger partial charge in [0.05, 0.1) is 12.6 Å². The van der Waals surface area contributed by atoms with E-state index >= 15 is 0 Å². The fourth-order valence-electron chi connectivity index (χ4n) is 1.73. The number of methoxy groups -OCH3 is 1. The van der Waals surface area contributed by atoms with Crippen LogP contribution in [0.5, 0.6) is 5.75 Å². The lowest BCUT2D eigenvalue weighted by molar-refractivity contribution is -0.125. The zero-order valence-corrected chi connectivity index (χ0v) is 12.2. The molecule has 4 heteroatoms. The van der Waals surface area contributed by atoms with Crippen LogP contribution in [0, 0.1) is 0 Å². The third-order valence-electron chi connectivity index (χ3n) is 3.13. The second-order valence-corrected chi connectivity index (χ2v) is 5.44. The lowest BCUT2D eigenvalue weighted by Gasteiger charge is -2.19. The lowest BCUT2D eigenvalue weighted by atomic mass is 9.97. The van der Waals surface area contributed by atoms with E-state index in [0.29, 0.717) is 12.5 Å². The Hall–Kier alpha value is -1.55. The van der Waals surface area contributed by atoms with E-state index in [2.05, 4.69) is 24.4 Å². The Balaban J connectivity index is 2.42. The number of hydrogen-bond acceptors (Lipinski definition) is 3. The second-order valence-electron chi connectivity index (χ2n) is 5.44. The summed E-state index contributed by atoms with van der Waals surface area (Å²) in [5.41, 5.74) is 6.13. The molecule has 0 saturated heterocycles. The van der Waals surface area contributed by atoms with Gasteiger partial charge in [-0.3, -0.25) is 4.79 Å². The Bertz CT molecular complexity index is 407. The van der Waals surface area contributed by atoms with Crippen molar-refractivity contribution in [3.8, 4) is 5.75 Å². The summed E-state index contributed by atoms with van der Waals surface area (Å²) in [6.45, 7) is 6.18. The standard InChI is InChI=1S/C15H24N2O2/c1-11(9-10-17-14(18)15(2,3)16)12-5-7-13(19-4)8-6-12/h5-8,11H,9-10,16H2,1-4H3,(H,17,18). The average Bonchev–Trinajstić information content (AvgIpc) is 2.37. The molecular formula is C15H24N2O2. The molecule has 1 unspecified atom stereocenters. The Morgan fingerprint density at radius 2 is 1.95 bits per heavy atom. The molecule has 0 aliphatic rings. The maximum absolute atomic E-state index is 11.6. The molecule has 0 bridgehead atoms. The summed E-state index contributed by atoms with van der Waals surface area (Å²) in [6.07, 6.45) is 0.883. The molecule has 0 aliphatic carbocycles. The van der Waals surface area contributed by atoms with Crippen LogP contribution in [-0.4, -0.2) is 25.1 Å². The van der Waals surface area contributed by atoms with Crippen molar-refractivity contribution in [1.82, 2.24) is 5.32 Å². The first-order valence-electron chi connectivity index (χ1n) is 6.55. The molecule has 19 heavy (non-hydrogen) atoms. The van der Waals surface area contributed by atoms with Gasteiger partial charge in [-0.15, -0.1) is 0 Å². The summed E-state index contributed by atoms with van der Waals surface area (Å²) in [5.74, 6) is 1.12. The van der Waals surface area contributed by atoms with Crippen LogP contribution in [0.25, 0.3) is 0 Å². The van der Waals surface area contributed by atoms with E-state index in [1.807, 2.05) is 12.1 Å². The lowest BCUT2D eigenvalue weighted by Crippen LogP contribution is -2.49. The minimum Gasteiger partial charge on any atom is -0.497 e. The smallest absolute Gasteiger partial charge is 0.239 e. The molecule has 0 aliphatic heterocycles. The molecule has 106 valence electrons. The quantitative estimate of drug-likeness (QED) is 0.826. The van der Waals surface area contributed by atoms with Gasteiger partial charge >= 0.3 is 0 Å². The number of carbonyl (C=O) groups excluding carboxylic acids is 1. The van der Waals surface area contributed by atoms with Crippen molar-refractivity contribution in [2.75, 3.05) is 13.7 Å². The molecule has 3 N–H and O–H groups in total. The SMILES string of the molecule is COc1ccc(C(C)CCNC(=O)C(C)(C)N)cc1. The molecule has 1 aromatic carbocycles. The van der Waals surface area contributed by atoms with Crippen LogP contribution in [-0.2, 0) is 4.79 Å². The van der Waals surface area contributed by atoms with Crippen LogP contribution in [0.3, 0.4) is 0 Å². The van der Waals surface area contributed by atoms with Crippen molar-refractivity contribution in [3.63, 3.8) is 0 Å². The minimum atomic E-state index is -0.816. The highest BCUT2D eigenvalue weighted by Crippen LogP contribution is 2.21. The summed E-state index contributed by atoms with van der Waals surface area (Å²) >= 11 is 0. The van der Waals surface area contributed by atoms with Gasteiger partial charge in [-0.2, -0.15) is 0 Å². The van der Waals surface area contributed by atoms with Crippen LogP contribution in [0.4, 0.5) is 0 Å². The Morgan fingerprint density at radius 3 is 2.42 bits per heavy atom. The van der Waals surface area contributed by atoms with Crippen LogP contribution < -0.4 is 15.8 Å².